The Balaban J connectivity index is 1.91. The molecule has 0 fully saturated rings. The molecule has 2 rings (SSSR count). The molecule has 1 unspecified atom stereocenters. The molecule has 1 amide bonds. The Kier molecular flexibility index (Phi) is 5.22. The third-order valence-electron chi connectivity index (χ3n) is 2.93. The first kappa shape index (κ1) is 15.8. The number of aliphatic hydroxyl groups is 1. The van der Waals surface area contributed by atoms with E-state index in [0.29, 0.717) is 21.3 Å². The molecule has 0 aliphatic heterocycles. The molecule has 0 bridgehead atoms. The van der Waals surface area contributed by atoms with Crippen molar-refractivity contribution in [2.45, 2.75) is 19.4 Å². The molecule has 3 N–H and O–H groups in total. The van der Waals surface area contributed by atoms with E-state index in [4.69, 9.17) is 23.2 Å². The first-order chi connectivity index (χ1) is 9.97. The molecule has 7 heteroatoms. The summed E-state index contributed by atoms with van der Waals surface area (Å²) < 4.78 is 0. The van der Waals surface area contributed by atoms with Gasteiger partial charge in [0.15, 0.2) is 0 Å². The standard InChI is InChI=1S/C14H15Cl2N3O2/c1-8-5-9(19-18-8)6-13(21)17-7-12(20)14-10(15)3-2-4-11(14)16/h2-5,12,20H,6-7H2,1H3,(H,17,21)(H,18,19). The van der Waals surface area contributed by atoms with Crippen molar-refractivity contribution >= 4 is 29.1 Å². The molecule has 0 aliphatic carbocycles. The number of carbonyl (C=O) groups excluding carboxylic acids is 1. The predicted molar refractivity (Wildman–Crippen MR) is 81.5 cm³/mol. The molecule has 0 radical (unpaired) electrons. The van der Waals surface area contributed by atoms with Crippen molar-refractivity contribution in [2.75, 3.05) is 6.54 Å². The molecule has 0 saturated carbocycles. The van der Waals surface area contributed by atoms with Gasteiger partial charge >= 0.3 is 0 Å². The van der Waals surface area contributed by atoms with Gasteiger partial charge in [-0.25, -0.2) is 0 Å². The summed E-state index contributed by atoms with van der Waals surface area (Å²) in [6, 6.07) is 6.76. The Morgan fingerprint density at radius 1 is 1.43 bits per heavy atom. The van der Waals surface area contributed by atoms with Crippen molar-refractivity contribution in [1.82, 2.24) is 15.5 Å². The normalized spacial score (nSPS) is 12.2. The van der Waals surface area contributed by atoms with Gasteiger partial charge in [0.05, 0.1) is 18.2 Å². The average Bonchev–Trinajstić information content (AvgIpc) is 2.81. The van der Waals surface area contributed by atoms with Crippen molar-refractivity contribution < 1.29 is 9.90 Å². The molecular formula is C14H15Cl2N3O2. The Morgan fingerprint density at radius 2 is 2.10 bits per heavy atom. The van der Waals surface area contributed by atoms with Gasteiger partial charge in [0.2, 0.25) is 5.91 Å². The van der Waals surface area contributed by atoms with Gasteiger partial charge in [-0.05, 0) is 25.1 Å². The van der Waals surface area contributed by atoms with Crippen molar-refractivity contribution in [3.8, 4) is 0 Å². The summed E-state index contributed by atoms with van der Waals surface area (Å²) in [6.07, 6.45) is -0.816. The molecular weight excluding hydrogens is 313 g/mol. The molecule has 2 aromatic rings. The van der Waals surface area contributed by atoms with Crippen LogP contribution in [0.3, 0.4) is 0 Å². The van der Waals surface area contributed by atoms with E-state index < -0.39 is 6.10 Å². The molecule has 112 valence electrons. The minimum atomic E-state index is -0.962. The van der Waals surface area contributed by atoms with Crippen molar-refractivity contribution in [3.05, 3.63) is 51.3 Å². The minimum Gasteiger partial charge on any atom is -0.386 e. The summed E-state index contributed by atoms with van der Waals surface area (Å²) in [6.45, 7) is 1.89. The van der Waals surface area contributed by atoms with Crippen LogP contribution in [0.2, 0.25) is 10.0 Å². The molecule has 1 aromatic heterocycles. The fourth-order valence-electron chi connectivity index (χ4n) is 1.93. The van der Waals surface area contributed by atoms with E-state index in [-0.39, 0.29) is 18.9 Å². The minimum absolute atomic E-state index is 0.0334. The summed E-state index contributed by atoms with van der Waals surface area (Å²) in [7, 11) is 0. The van der Waals surface area contributed by atoms with Crippen LogP contribution in [0.15, 0.2) is 24.3 Å². The number of nitrogens with one attached hydrogen (secondary N) is 2. The van der Waals surface area contributed by atoms with E-state index in [1.807, 2.05) is 6.92 Å². The number of aromatic nitrogens is 2. The fraction of sp³-hybridized carbons (Fsp3) is 0.286. The maximum Gasteiger partial charge on any atom is 0.226 e. The molecule has 21 heavy (non-hydrogen) atoms. The number of aliphatic hydroxyl groups excluding tert-OH is 1. The number of halogens is 2. The number of rotatable bonds is 5. The molecule has 1 aromatic carbocycles. The maximum absolute atomic E-state index is 11.8. The second kappa shape index (κ2) is 6.93. The number of H-pyrrole nitrogens is 1. The van der Waals surface area contributed by atoms with Crippen molar-refractivity contribution in [1.29, 1.82) is 0 Å². The lowest BCUT2D eigenvalue weighted by Gasteiger charge is -2.15. The highest BCUT2D eigenvalue weighted by molar-refractivity contribution is 6.36. The fourth-order valence-corrected chi connectivity index (χ4v) is 2.58. The lowest BCUT2D eigenvalue weighted by molar-refractivity contribution is -0.120. The number of carbonyl (C=O) groups is 1. The smallest absolute Gasteiger partial charge is 0.226 e. The zero-order valence-corrected chi connectivity index (χ0v) is 12.9. The SMILES string of the molecule is Cc1cc(CC(=O)NCC(O)c2c(Cl)cccc2Cl)n[nH]1. The lowest BCUT2D eigenvalue weighted by Crippen LogP contribution is -2.30. The first-order valence-electron chi connectivity index (χ1n) is 6.37. The van der Waals surface area contributed by atoms with Crippen LogP contribution in [0.4, 0.5) is 0 Å². The molecule has 0 saturated heterocycles. The predicted octanol–water partition coefficient (Wildman–Crippen LogP) is 2.42. The van der Waals surface area contributed by atoms with Crippen LogP contribution < -0.4 is 5.32 Å². The zero-order chi connectivity index (χ0) is 15.4. The lowest BCUT2D eigenvalue weighted by atomic mass is 10.1. The van der Waals surface area contributed by atoms with Gasteiger partial charge in [-0.2, -0.15) is 5.10 Å². The van der Waals surface area contributed by atoms with E-state index in [1.54, 1.807) is 24.3 Å². The van der Waals surface area contributed by atoms with Crippen LogP contribution in [0.1, 0.15) is 23.1 Å². The Morgan fingerprint density at radius 3 is 2.67 bits per heavy atom. The number of hydrogen-bond donors (Lipinski definition) is 3. The topological polar surface area (TPSA) is 78.0 Å². The van der Waals surface area contributed by atoms with Crippen LogP contribution in [-0.4, -0.2) is 27.8 Å². The average molecular weight is 328 g/mol. The van der Waals surface area contributed by atoms with Gasteiger partial charge in [0, 0.05) is 27.8 Å². The van der Waals surface area contributed by atoms with Gasteiger partial charge in [-0.15, -0.1) is 0 Å². The zero-order valence-electron chi connectivity index (χ0n) is 11.4. The van der Waals surface area contributed by atoms with Crippen LogP contribution in [0, 0.1) is 6.92 Å². The van der Waals surface area contributed by atoms with Gasteiger partial charge in [-0.1, -0.05) is 29.3 Å². The van der Waals surface area contributed by atoms with Crippen LogP contribution in [0.5, 0.6) is 0 Å². The second-order valence-corrected chi connectivity index (χ2v) is 5.49. The molecule has 0 spiro atoms. The number of amides is 1. The van der Waals surface area contributed by atoms with Gasteiger partial charge in [-0.3, -0.25) is 9.89 Å². The summed E-state index contributed by atoms with van der Waals surface area (Å²) in [5, 5.41) is 20.2. The highest BCUT2D eigenvalue weighted by atomic mass is 35.5. The van der Waals surface area contributed by atoms with Gasteiger partial charge < -0.3 is 10.4 Å². The third kappa shape index (κ3) is 4.20. The summed E-state index contributed by atoms with van der Waals surface area (Å²) >= 11 is 12.0. The van der Waals surface area contributed by atoms with Crippen LogP contribution in [-0.2, 0) is 11.2 Å². The van der Waals surface area contributed by atoms with Crippen LogP contribution in [0.25, 0.3) is 0 Å². The van der Waals surface area contributed by atoms with E-state index in [2.05, 4.69) is 15.5 Å². The number of aromatic amines is 1. The van der Waals surface area contributed by atoms with Crippen molar-refractivity contribution in [3.63, 3.8) is 0 Å². The third-order valence-corrected chi connectivity index (χ3v) is 3.59. The quantitative estimate of drug-likeness (QED) is 0.789. The number of aryl methyl sites for hydroxylation is 1. The first-order valence-corrected chi connectivity index (χ1v) is 7.12. The highest BCUT2D eigenvalue weighted by Gasteiger charge is 2.16. The maximum atomic E-state index is 11.8. The van der Waals surface area contributed by atoms with E-state index in [9.17, 15) is 9.90 Å². The van der Waals surface area contributed by atoms with Crippen molar-refractivity contribution in [2.24, 2.45) is 0 Å². The Bertz CT molecular complexity index is 623. The largest absolute Gasteiger partial charge is 0.386 e. The number of hydrogen-bond acceptors (Lipinski definition) is 3. The van der Waals surface area contributed by atoms with Crippen LogP contribution >= 0.6 is 23.2 Å². The van der Waals surface area contributed by atoms with E-state index in [0.717, 1.165) is 5.69 Å². The van der Waals surface area contributed by atoms with Gasteiger partial charge in [0.1, 0.15) is 0 Å². The van der Waals surface area contributed by atoms with E-state index >= 15 is 0 Å². The molecule has 0 aliphatic rings. The monoisotopic (exact) mass is 327 g/mol. The highest BCUT2D eigenvalue weighted by Crippen LogP contribution is 2.29. The Hall–Kier alpha value is -1.56. The summed E-state index contributed by atoms with van der Waals surface area (Å²) in [5.74, 6) is -0.233. The molecule has 5 nitrogen and oxygen atoms in total. The molecule has 1 atom stereocenters. The second-order valence-electron chi connectivity index (χ2n) is 4.67. The summed E-state index contributed by atoms with van der Waals surface area (Å²) in [4.78, 5) is 11.8. The van der Waals surface area contributed by atoms with Gasteiger partial charge in [0.25, 0.3) is 0 Å². The Labute approximate surface area is 132 Å². The number of benzene rings is 1. The van der Waals surface area contributed by atoms with E-state index in [1.165, 1.54) is 0 Å². The number of nitrogens with zero attached hydrogens (tertiary/aromatic N) is 1. The summed E-state index contributed by atoms with van der Waals surface area (Å²) in [5.41, 5.74) is 1.95. The molecule has 1 heterocycles.